The van der Waals surface area contributed by atoms with Crippen LogP contribution in [0.2, 0.25) is 0 Å². The minimum atomic E-state index is 0.582. The minimum Gasteiger partial charge on any atom is -0.379 e. The van der Waals surface area contributed by atoms with E-state index in [1.165, 1.54) is 0 Å². The lowest BCUT2D eigenvalue weighted by Crippen LogP contribution is -2.02. The molecular weight excluding hydrogens is 262 g/mol. The molecule has 3 rings (SSSR count). The lowest BCUT2D eigenvalue weighted by molar-refractivity contribution is 0.740. The Bertz CT molecular complexity index is 753. The highest BCUT2D eigenvalue weighted by atomic mass is 15.5. The van der Waals surface area contributed by atoms with Crippen molar-refractivity contribution in [2.75, 3.05) is 5.32 Å². The molecule has 1 heterocycles. The van der Waals surface area contributed by atoms with Gasteiger partial charge in [0.1, 0.15) is 5.69 Å². The maximum atomic E-state index is 8.76. The first kappa shape index (κ1) is 12.9. The highest BCUT2D eigenvalue weighted by Crippen LogP contribution is 2.10. The quantitative estimate of drug-likeness (QED) is 0.795. The van der Waals surface area contributed by atoms with E-state index in [9.17, 15) is 0 Å². The summed E-state index contributed by atoms with van der Waals surface area (Å²) in [5.41, 5.74) is 3.38. The third kappa shape index (κ3) is 3.07. The molecule has 5 heteroatoms. The molecule has 0 unspecified atom stereocenters. The van der Waals surface area contributed by atoms with E-state index in [-0.39, 0.29) is 0 Å². The van der Waals surface area contributed by atoms with Gasteiger partial charge in [0, 0.05) is 5.69 Å². The largest absolute Gasteiger partial charge is 0.379 e. The van der Waals surface area contributed by atoms with Gasteiger partial charge in [0.2, 0.25) is 0 Å². The van der Waals surface area contributed by atoms with Gasteiger partial charge in [-0.05, 0) is 36.4 Å². The molecule has 0 atom stereocenters. The molecule has 0 amide bonds. The molecule has 21 heavy (non-hydrogen) atoms. The van der Waals surface area contributed by atoms with Crippen molar-refractivity contribution in [1.82, 2.24) is 15.0 Å². The zero-order valence-electron chi connectivity index (χ0n) is 11.3. The molecule has 0 fully saturated rings. The Labute approximate surface area is 122 Å². The second-order valence-electron chi connectivity index (χ2n) is 4.50. The summed E-state index contributed by atoms with van der Waals surface area (Å²) >= 11 is 0. The summed E-state index contributed by atoms with van der Waals surface area (Å²) in [6, 6.07) is 19.2. The molecule has 102 valence electrons. The third-order valence-electron chi connectivity index (χ3n) is 3.01. The van der Waals surface area contributed by atoms with E-state index in [0.717, 1.165) is 17.1 Å². The van der Waals surface area contributed by atoms with Crippen LogP contribution in [0.15, 0.2) is 60.8 Å². The van der Waals surface area contributed by atoms with Crippen LogP contribution in [-0.2, 0) is 6.54 Å². The molecule has 0 aliphatic rings. The maximum absolute atomic E-state index is 8.76. The SMILES string of the molecule is N#Cc1ccc(NCc2cnn(-c3ccccc3)n2)cc1. The van der Waals surface area contributed by atoms with Crippen molar-refractivity contribution in [3.8, 4) is 11.8 Å². The molecule has 1 aromatic heterocycles. The molecule has 0 saturated carbocycles. The predicted molar refractivity (Wildman–Crippen MR) is 79.8 cm³/mol. The van der Waals surface area contributed by atoms with Crippen molar-refractivity contribution in [2.45, 2.75) is 6.54 Å². The lowest BCUT2D eigenvalue weighted by atomic mass is 10.2. The van der Waals surface area contributed by atoms with Crippen LogP contribution < -0.4 is 5.32 Å². The first-order valence-electron chi connectivity index (χ1n) is 6.56. The zero-order valence-corrected chi connectivity index (χ0v) is 11.3. The Morgan fingerprint density at radius 2 is 1.81 bits per heavy atom. The Balaban J connectivity index is 1.66. The average molecular weight is 275 g/mol. The molecule has 0 aliphatic heterocycles. The fraction of sp³-hybridized carbons (Fsp3) is 0.0625. The van der Waals surface area contributed by atoms with E-state index in [4.69, 9.17) is 5.26 Å². The molecule has 3 aromatic rings. The number of anilines is 1. The number of rotatable bonds is 4. The molecule has 5 nitrogen and oxygen atoms in total. The fourth-order valence-electron chi connectivity index (χ4n) is 1.92. The molecule has 0 saturated heterocycles. The van der Waals surface area contributed by atoms with Gasteiger partial charge < -0.3 is 5.32 Å². The van der Waals surface area contributed by atoms with E-state index in [2.05, 4.69) is 21.6 Å². The van der Waals surface area contributed by atoms with Crippen LogP contribution in [0.5, 0.6) is 0 Å². The van der Waals surface area contributed by atoms with E-state index < -0.39 is 0 Å². The van der Waals surface area contributed by atoms with E-state index >= 15 is 0 Å². The number of nitriles is 1. The van der Waals surface area contributed by atoms with Crippen LogP contribution in [0.4, 0.5) is 5.69 Å². The summed E-state index contributed by atoms with van der Waals surface area (Å²) in [4.78, 5) is 1.61. The number of benzene rings is 2. The van der Waals surface area contributed by atoms with E-state index in [1.807, 2.05) is 42.5 Å². The molecule has 1 N–H and O–H groups in total. The summed E-state index contributed by atoms with van der Waals surface area (Å²) < 4.78 is 0. The maximum Gasteiger partial charge on any atom is 0.102 e. The van der Waals surface area contributed by atoms with Gasteiger partial charge in [0.25, 0.3) is 0 Å². The second-order valence-corrected chi connectivity index (χ2v) is 4.50. The van der Waals surface area contributed by atoms with Crippen LogP contribution in [-0.4, -0.2) is 15.0 Å². The van der Waals surface area contributed by atoms with Crippen molar-refractivity contribution in [2.24, 2.45) is 0 Å². The molecule has 0 spiro atoms. The minimum absolute atomic E-state index is 0.582. The van der Waals surface area contributed by atoms with Gasteiger partial charge in [0.05, 0.1) is 30.1 Å². The molecule has 0 aliphatic carbocycles. The van der Waals surface area contributed by atoms with Gasteiger partial charge in [-0.2, -0.15) is 20.3 Å². The summed E-state index contributed by atoms with van der Waals surface area (Å²) in [5, 5.41) is 20.7. The summed E-state index contributed by atoms with van der Waals surface area (Å²) in [5.74, 6) is 0. The van der Waals surface area contributed by atoms with Crippen molar-refractivity contribution < 1.29 is 0 Å². The monoisotopic (exact) mass is 275 g/mol. The Hall–Kier alpha value is -3.13. The second kappa shape index (κ2) is 5.88. The topological polar surface area (TPSA) is 66.5 Å². The van der Waals surface area contributed by atoms with Gasteiger partial charge in [0.15, 0.2) is 0 Å². The van der Waals surface area contributed by atoms with Gasteiger partial charge in [-0.1, -0.05) is 18.2 Å². The Morgan fingerprint density at radius 1 is 1.05 bits per heavy atom. The van der Waals surface area contributed by atoms with Crippen LogP contribution in [0.1, 0.15) is 11.3 Å². The highest BCUT2D eigenvalue weighted by Gasteiger charge is 2.02. The van der Waals surface area contributed by atoms with Gasteiger partial charge in [-0.15, -0.1) is 0 Å². The van der Waals surface area contributed by atoms with Gasteiger partial charge in [-0.3, -0.25) is 0 Å². The highest BCUT2D eigenvalue weighted by molar-refractivity contribution is 5.47. The normalized spacial score (nSPS) is 10.0. The fourth-order valence-corrected chi connectivity index (χ4v) is 1.92. The number of hydrogen-bond donors (Lipinski definition) is 1. The summed E-state index contributed by atoms with van der Waals surface area (Å²) in [6.45, 7) is 0.582. The first-order chi connectivity index (χ1) is 10.3. The van der Waals surface area contributed by atoms with Crippen LogP contribution in [0.3, 0.4) is 0 Å². The molecular formula is C16H13N5. The predicted octanol–water partition coefficient (Wildman–Crippen LogP) is 2.75. The smallest absolute Gasteiger partial charge is 0.102 e. The number of nitrogens with one attached hydrogen (secondary N) is 1. The standard InChI is InChI=1S/C16H13N5/c17-10-13-6-8-14(9-7-13)18-11-15-12-19-21(20-15)16-4-2-1-3-5-16/h1-9,12,18H,11H2. The van der Waals surface area contributed by atoms with Crippen molar-refractivity contribution in [1.29, 1.82) is 5.26 Å². The molecule has 0 bridgehead atoms. The number of aromatic nitrogens is 3. The zero-order chi connectivity index (χ0) is 14.5. The lowest BCUT2D eigenvalue weighted by Gasteiger charge is -2.03. The third-order valence-corrected chi connectivity index (χ3v) is 3.01. The number of para-hydroxylation sites is 1. The average Bonchev–Trinajstić information content (AvgIpc) is 3.03. The number of nitrogens with zero attached hydrogens (tertiary/aromatic N) is 4. The van der Waals surface area contributed by atoms with E-state index in [1.54, 1.807) is 23.1 Å². The van der Waals surface area contributed by atoms with Crippen LogP contribution in [0, 0.1) is 11.3 Å². The summed E-state index contributed by atoms with van der Waals surface area (Å²) in [6.07, 6.45) is 1.74. The Kier molecular flexibility index (Phi) is 3.61. The van der Waals surface area contributed by atoms with Gasteiger partial charge >= 0.3 is 0 Å². The van der Waals surface area contributed by atoms with Gasteiger partial charge in [-0.25, -0.2) is 0 Å². The van der Waals surface area contributed by atoms with Crippen LogP contribution in [0.25, 0.3) is 5.69 Å². The first-order valence-corrected chi connectivity index (χ1v) is 6.56. The van der Waals surface area contributed by atoms with E-state index in [0.29, 0.717) is 12.1 Å². The van der Waals surface area contributed by atoms with Crippen molar-refractivity contribution in [3.63, 3.8) is 0 Å². The van der Waals surface area contributed by atoms with Crippen LogP contribution >= 0.6 is 0 Å². The Morgan fingerprint density at radius 3 is 2.52 bits per heavy atom. The number of hydrogen-bond acceptors (Lipinski definition) is 4. The molecule has 2 aromatic carbocycles. The van der Waals surface area contributed by atoms with Crippen molar-refractivity contribution in [3.05, 3.63) is 72.1 Å². The molecule has 0 radical (unpaired) electrons. The van der Waals surface area contributed by atoms with Crippen molar-refractivity contribution >= 4 is 5.69 Å². The summed E-state index contributed by atoms with van der Waals surface area (Å²) in [7, 11) is 0.